The number of hydrogen-bond donors (Lipinski definition) is 0. The monoisotopic (exact) mass is 591 g/mol. The molecule has 3 nitrogen and oxygen atoms in total. The Hall–Kier alpha value is -2.02. The van der Waals surface area contributed by atoms with E-state index in [9.17, 15) is 9.59 Å². The van der Waals surface area contributed by atoms with Gasteiger partial charge in [-0.1, -0.05) is 89.4 Å². The number of hydrogen-bond acceptors (Lipinski definition) is 3. The maximum Gasteiger partial charge on any atom is 0.186 e. The second kappa shape index (κ2) is 11.8. The van der Waals surface area contributed by atoms with E-state index in [-0.39, 0.29) is 37.5 Å². The van der Waals surface area contributed by atoms with Crippen LogP contribution < -0.4 is 4.90 Å². The number of allylic oxidation sites excluding steroid dienone is 2. The van der Waals surface area contributed by atoms with E-state index in [2.05, 4.69) is 64.6 Å². The standard InChI is InChI=1S/C23H37N.C10H6O2.Pd/c1-17(2)19-11-10-12-20(18(3)4)21(19)24-16-23(15-22(24,5)6)13-8-7-9-14-23;11-9-5-6-10(12)8-4-2-1-3-7(8)9;/h10-12,17-18H,7-9,13-16H2,1-6H3;1-6H;. The van der Waals surface area contributed by atoms with Crippen LogP contribution in [-0.4, -0.2) is 23.7 Å². The summed E-state index contributed by atoms with van der Waals surface area (Å²) < 4.78 is 0. The number of anilines is 1. The van der Waals surface area contributed by atoms with E-state index in [1.54, 1.807) is 41.1 Å². The smallest absolute Gasteiger partial charge is 0.186 e. The van der Waals surface area contributed by atoms with Gasteiger partial charge in [0.25, 0.3) is 0 Å². The average molecular weight is 592 g/mol. The van der Waals surface area contributed by atoms with Crippen LogP contribution in [0.2, 0.25) is 0 Å². The molecule has 0 radical (unpaired) electrons. The number of ketones is 2. The van der Waals surface area contributed by atoms with Crippen molar-refractivity contribution in [1.82, 2.24) is 0 Å². The Morgan fingerprint density at radius 1 is 0.730 bits per heavy atom. The van der Waals surface area contributed by atoms with Crippen molar-refractivity contribution in [3.05, 3.63) is 76.9 Å². The third kappa shape index (κ3) is 6.18. The summed E-state index contributed by atoms with van der Waals surface area (Å²) in [6.45, 7) is 15.6. The summed E-state index contributed by atoms with van der Waals surface area (Å²) in [6.07, 6.45) is 11.2. The van der Waals surface area contributed by atoms with E-state index in [0.29, 0.717) is 28.4 Å². The Bertz CT molecular complexity index is 1090. The second-order valence-corrected chi connectivity index (χ2v) is 12.3. The van der Waals surface area contributed by atoms with Crippen LogP contribution in [0, 0.1) is 5.41 Å². The Kier molecular flexibility index (Phi) is 9.42. The van der Waals surface area contributed by atoms with Crippen molar-refractivity contribution < 1.29 is 30.0 Å². The van der Waals surface area contributed by atoms with E-state index in [1.165, 1.54) is 57.2 Å². The Labute approximate surface area is 237 Å². The maximum absolute atomic E-state index is 11.2. The number of carbonyl (C=O) groups is 2. The van der Waals surface area contributed by atoms with Crippen molar-refractivity contribution in [2.24, 2.45) is 5.41 Å². The molecule has 2 aromatic carbocycles. The number of para-hydroxylation sites is 1. The van der Waals surface area contributed by atoms with Crippen molar-refractivity contribution in [2.45, 2.75) is 97.4 Å². The fraction of sp³-hybridized carbons (Fsp3) is 0.515. The molecule has 0 unspecified atom stereocenters. The summed E-state index contributed by atoms with van der Waals surface area (Å²) in [5.74, 6) is 0.977. The van der Waals surface area contributed by atoms with Crippen LogP contribution in [-0.2, 0) is 20.4 Å². The first-order chi connectivity index (χ1) is 17.0. The molecule has 1 saturated carbocycles. The van der Waals surface area contributed by atoms with Gasteiger partial charge in [-0.3, -0.25) is 9.59 Å². The van der Waals surface area contributed by atoms with Gasteiger partial charge in [0, 0.05) is 49.3 Å². The van der Waals surface area contributed by atoms with Gasteiger partial charge in [0.2, 0.25) is 0 Å². The molecule has 0 bridgehead atoms. The molecule has 0 atom stereocenters. The van der Waals surface area contributed by atoms with E-state index < -0.39 is 0 Å². The Morgan fingerprint density at radius 3 is 1.68 bits per heavy atom. The normalized spacial score (nSPS) is 19.5. The zero-order valence-electron chi connectivity index (χ0n) is 23.4. The SMILES string of the molecule is CC(C)c1cccc(C(C)C)c1N1CC2(CCCCC2)CC1(C)C.O=C1C=CC(=O)c2ccccc21.[Pd]. The molecule has 5 rings (SSSR count). The number of nitrogens with zero attached hydrogens (tertiary/aromatic N) is 1. The van der Waals surface area contributed by atoms with E-state index in [1.807, 2.05) is 0 Å². The van der Waals surface area contributed by atoms with Crippen molar-refractivity contribution in [3.63, 3.8) is 0 Å². The third-order valence-corrected chi connectivity index (χ3v) is 8.40. The van der Waals surface area contributed by atoms with Crippen molar-refractivity contribution in [2.75, 3.05) is 11.4 Å². The predicted molar refractivity (Wildman–Crippen MR) is 150 cm³/mol. The third-order valence-electron chi connectivity index (χ3n) is 8.40. The number of rotatable bonds is 3. The van der Waals surface area contributed by atoms with Crippen LogP contribution in [0.25, 0.3) is 0 Å². The van der Waals surface area contributed by atoms with E-state index in [4.69, 9.17) is 0 Å². The molecule has 37 heavy (non-hydrogen) atoms. The summed E-state index contributed by atoms with van der Waals surface area (Å²) in [6, 6.07) is 13.8. The first-order valence-corrected chi connectivity index (χ1v) is 13.8. The molecule has 3 aliphatic rings. The number of carbonyl (C=O) groups excluding carboxylic acids is 2. The van der Waals surface area contributed by atoms with Gasteiger partial charge in [-0.2, -0.15) is 0 Å². The van der Waals surface area contributed by atoms with Crippen molar-refractivity contribution in [1.29, 1.82) is 0 Å². The van der Waals surface area contributed by atoms with Crippen LogP contribution in [0.4, 0.5) is 5.69 Å². The van der Waals surface area contributed by atoms with Gasteiger partial charge in [0.15, 0.2) is 11.6 Å². The summed E-state index contributed by atoms with van der Waals surface area (Å²) >= 11 is 0. The number of fused-ring (bicyclic) bond motifs is 1. The largest absolute Gasteiger partial charge is 0.365 e. The zero-order valence-corrected chi connectivity index (χ0v) is 24.9. The zero-order chi connectivity index (χ0) is 26.1. The summed E-state index contributed by atoms with van der Waals surface area (Å²) in [7, 11) is 0. The van der Waals surface area contributed by atoms with Gasteiger partial charge >= 0.3 is 0 Å². The van der Waals surface area contributed by atoms with Crippen LogP contribution in [0.15, 0.2) is 54.6 Å². The molecule has 1 aliphatic heterocycles. The average Bonchev–Trinajstić information content (AvgIpc) is 3.11. The van der Waals surface area contributed by atoms with Gasteiger partial charge < -0.3 is 4.90 Å². The Morgan fingerprint density at radius 2 is 1.22 bits per heavy atom. The molecular formula is C33H43NO2Pd. The van der Waals surface area contributed by atoms with Gasteiger partial charge in [-0.25, -0.2) is 0 Å². The maximum atomic E-state index is 11.2. The first-order valence-electron chi connectivity index (χ1n) is 13.8. The molecular weight excluding hydrogens is 549 g/mol. The molecule has 0 amide bonds. The Balaban J connectivity index is 0.000000246. The predicted octanol–water partition coefficient (Wildman–Crippen LogP) is 8.49. The molecule has 2 fully saturated rings. The minimum Gasteiger partial charge on any atom is -0.365 e. The van der Waals surface area contributed by atoms with E-state index in [0.717, 1.165) is 0 Å². The minimum atomic E-state index is -0.0924. The molecule has 202 valence electrons. The molecule has 1 saturated heterocycles. The fourth-order valence-corrected chi connectivity index (χ4v) is 6.70. The van der Waals surface area contributed by atoms with Crippen LogP contribution in [0.3, 0.4) is 0 Å². The van der Waals surface area contributed by atoms with Gasteiger partial charge in [-0.05, 0) is 73.6 Å². The first kappa shape index (κ1) is 29.5. The molecule has 2 aromatic rings. The molecule has 1 spiro atoms. The second-order valence-electron chi connectivity index (χ2n) is 12.3. The van der Waals surface area contributed by atoms with Gasteiger partial charge in [0.05, 0.1) is 0 Å². The molecule has 0 N–H and O–H groups in total. The van der Waals surface area contributed by atoms with Gasteiger partial charge in [-0.15, -0.1) is 0 Å². The quantitative estimate of drug-likeness (QED) is 0.336. The van der Waals surface area contributed by atoms with Crippen LogP contribution in [0.5, 0.6) is 0 Å². The minimum absolute atomic E-state index is 0. The molecule has 1 heterocycles. The molecule has 0 aromatic heterocycles. The van der Waals surface area contributed by atoms with Crippen molar-refractivity contribution >= 4 is 17.3 Å². The van der Waals surface area contributed by atoms with Gasteiger partial charge in [0.1, 0.15) is 0 Å². The van der Waals surface area contributed by atoms with Crippen LogP contribution in [0.1, 0.15) is 124 Å². The van der Waals surface area contributed by atoms with E-state index >= 15 is 0 Å². The topological polar surface area (TPSA) is 37.4 Å². The summed E-state index contributed by atoms with van der Waals surface area (Å²) in [5, 5.41) is 0. The summed E-state index contributed by atoms with van der Waals surface area (Å²) in [5.41, 5.74) is 6.50. The number of benzene rings is 2. The van der Waals surface area contributed by atoms with Crippen LogP contribution >= 0.6 is 0 Å². The fourth-order valence-electron chi connectivity index (χ4n) is 6.70. The van der Waals surface area contributed by atoms with Crippen molar-refractivity contribution in [3.8, 4) is 0 Å². The molecule has 2 aliphatic carbocycles. The summed E-state index contributed by atoms with van der Waals surface area (Å²) in [4.78, 5) is 25.2. The molecule has 4 heteroatoms.